The summed E-state index contributed by atoms with van der Waals surface area (Å²) in [6, 6.07) is 12.2. The molecule has 0 bridgehead atoms. The second-order valence-corrected chi connectivity index (χ2v) is 5.46. The molecule has 2 rings (SSSR count). The molecule has 0 atom stereocenters. The van der Waals surface area contributed by atoms with Crippen LogP contribution in [0.15, 0.2) is 47.6 Å². The van der Waals surface area contributed by atoms with Crippen LogP contribution in [0.4, 0.5) is 5.69 Å². The van der Waals surface area contributed by atoms with Crippen molar-refractivity contribution >= 4 is 35.2 Å². The molecule has 0 saturated carbocycles. The summed E-state index contributed by atoms with van der Waals surface area (Å²) in [5, 5.41) is 18.1. The van der Waals surface area contributed by atoms with Crippen LogP contribution in [0.2, 0.25) is 0 Å². The van der Waals surface area contributed by atoms with Gasteiger partial charge in [-0.1, -0.05) is 42.0 Å². The molecule has 0 aliphatic heterocycles. The lowest BCUT2D eigenvalue weighted by Gasteiger charge is -2.10. The molecule has 0 heterocycles. The normalized spacial score (nSPS) is 10.5. The Balaban J connectivity index is 1.92. The summed E-state index contributed by atoms with van der Waals surface area (Å²) in [4.78, 5) is 10.7. The Hall–Kier alpha value is -2.73. The number of thiocarbonyl (C=S) groups is 1. The van der Waals surface area contributed by atoms with Gasteiger partial charge in [0.25, 0.3) is 0 Å². The fraction of sp³-hybridized carbons (Fsp3) is 0.118. The van der Waals surface area contributed by atoms with E-state index >= 15 is 0 Å². The number of carboxylic acids is 1. The predicted octanol–water partition coefficient (Wildman–Crippen LogP) is 1.99. The number of nitrogens with one attached hydrogen (secondary N) is 2. The number of hydrazone groups is 1. The zero-order valence-corrected chi connectivity index (χ0v) is 13.6. The highest BCUT2D eigenvalue weighted by Gasteiger charge is 2.00. The number of aromatic carboxylic acids is 1. The number of benzene rings is 2. The van der Waals surface area contributed by atoms with Crippen LogP contribution in [-0.2, 0) is 0 Å². The molecular formula is C17H16N3O2S-. The van der Waals surface area contributed by atoms with Gasteiger partial charge in [0, 0.05) is 5.69 Å². The van der Waals surface area contributed by atoms with Crippen LogP contribution < -0.4 is 15.8 Å². The van der Waals surface area contributed by atoms with Crippen molar-refractivity contribution < 1.29 is 9.90 Å². The van der Waals surface area contributed by atoms with E-state index in [1.165, 1.54) is 17.7 Å². The van der Waals surface area contributed by atoms with E-state index in [9.17, 15) is 9.90 Å². The summed E-state index contributed by atoms with van der Waals surface area (Å²) < 4.78 is 0. The topological polar surface area (TPSA) is 76.5 Å². The van der Waals surface area contributed by atoms with E-state index in [-0.39, 0.29) is 5.56 Å². The molecule has 2 aromatic rings. The first-order chi connectivity index (χ1) is 11.0. The average molecular weight is 326 g/mol. The standard InChI is InChI=1S/C17H17N3O2S/c1-11-3-8-15(12(2)9-11)19-17(23)20-18-10-13-4-6-14(7-5-13)16(21)22/h3-10H,1-2H3,(H,21,22)(H2,19,20,23)/p-1/b18-10-. The summed E-state index contributed by atoms with van der Waals surface area (Å²) in [5.74, 6) is -1.20. The Bertz CT molecular complexity index is 755. The van der Waals surface area contributed by atoms with Crippen molar-refractivity contribution in [2.24, 2.45) is 5.10 Å². The minimum absolute atomic E-state index is 0.127. The van der Waals surface area contributed by atoms with Crippen molar-refractivity contribution in [3.8, 4) is 0 Å². The lowest BCUT2D eigenvalue weighted by Crippen LogP contribution is -2.24. The number of hydrogen-bond acceptors (Lipinski definition) is 4. The SMILES string of the molecule is Cc1ccc(NC(=S)N/N=C\c2ccc(C(=O)[O-])cc2)c(C)c1. The summed E-state index contributed by atoms with van der Waals surface area (Å²) in [5.41, 5.74) is 6.79. The van der Waals surface area contributed by atoms with E-state index in [2.05, 4.69) is 21.9 Å². The van der Waals surface area contributed by atoms with Gasteiger partial charge in [-0.3, -0.25) is 5.43 Å². The van der Waals surface area contributed by atoms with E-state index in [0.29, 0.717) is 5.11 Å². The monoisotopic (exact) mass is 326 g/mol. The van der Waals surface area contributed by atoms with Gasteiger partial charge in [0.1, 0.15) is 0 Å². The highest BCUT2D eigenvalue weighted by atomic mass is 32.1. The van der Waals surface area contributed by atoms with Crippen molar-refractivity contribution in [3.05, 3.63) is 64.7 Å². The maximum absolute atomic E-state index is 10.7. The van der Waals surface area contributed by atoms with Gasteiger partial charge in [0.15, 0.2) is 5.11 Å². The van der Waals surface area contributed by atoms with Crippen LogP contribution in [0, 0.1) is 13.8 Å². The number of aryl methyl sites for hydroxylation is 2. The van der Waals surface area contributed by atoms with Crippen LogP contribution >= 0.6 is 12.2 Å². The molecule has 2 aromatic carbocycles. The molecule has 0 aromatic heterocycles. The lowest BCUT2D eigenvalue weighted by atomic mass is 10.1. The van der Waals surface area contributed by atoms with Crippen molar-refractivity contribution in [1.29, 1.82) is 0 Å². The van der Waals surface area contributed by atoms with E-state index in [4.69, 9.17) is 12.2 Å². The number of carbonyl (C=O) groups excluding carboxylic acids is 1. The Morgan fingerprint density at radius 2 is 1.87 bits per heavy atom. The second kappa shape index (κ2) is 7.51. The fourth-order valence-corrected chi connectivity index (χ4v) is 2.14. The molecule has 0 amide bonds. The van der Waals surface area contributed by atoms with Gasteiger partial charge in [-0.2, -0.15) is 5.10 Å². The number of anilines is 1. The van der Waals surface area contributed by atoms with Crippen molar-refractivity contribution in [2.75, 3.05) is 5.32 Å². The first-order valence-corrected chi connectivity index (χ1v) is 7.35. The third-order valence-corrected chi connectivity index (χ3v) is 3.35. The summed E-state index contributed by atoms with van der Waals surface area (Å²) >= 11 is 5.18. The number of nitrogens with zero attached hydrogens (tertiary/aromatic N) is 1. The highest BCUT2D eigenvalue weighted by molar-refractivity contribution is 7.80. The Morgan fingerprint density at radius 1 is 1.17 bits per heavy atom. The lowest BCUT2D eigenvalue weighted by molar-refractivity contribution is -0.255. The van der Waals surface area contributed by atoms with Gasteiger partial charge in [-0.05, 0) is 48.8 Å². The summed E-state index contributed by atoms with van der Waals surface area (Å²) in [7, 11) is 0. The van der Waals surface area contributed by atoms with E-state index in [0.717, 1.165) is 16.8 Å². The van der Waals surface area contributed by atoms with Crippen LogP contribution in [0.25, 0.3) is 0 Å². The average Bonchev–Trinajstić information content (AvgIpc) is 2.50. The molecular weight excluding hydrogens is 310 g/mol. The van der Waals surface area contributed by atoms with Crippen LogP contribution in [0.5, 0.6) is 0 Å². The number of carboxylic acid groups (broad SMARTS) is 1. The molecule has 2 N–H and O–H groups in total. The highest BCUT2D eigenvalue weighted by Crippen LogP contribution is 2.15. The third-order valence-electron chi connectivity index (χ3n) is 3.16. The smallest absolute Gasteiger partial charge is 0.191 e. The van der Waals surface area contributed by atoms with Gasteiger partial charge in [0.05, 0.1) is 12.2 Å². The van der Waals surface area contributed by atoms with Crippen molar-refractivity contribution in [3.63, 3.8) is 0 Å². The first kappa shape index (κ1) is 16.6. The van der Waals surface area contributed by atoms with Gasteiger partial charge >= 0.3 is 0 Å². The largest absolute Gasteiger partial charge is 0.545 e. The number of rotatable bonds is 4. The van der Waals surface area contributed by atoms with Gasteiger partial charge in [-0.25, -0.2) is 0 Å². The molecule has 118 valence electrons. The molecule has 0 aliphatic carbocycles. The quantitative estimate of drug-likeness (QED) is 0.510. The Kier molecular flexibility index (Phi) is 5.43. The molecule has 0 spiro atoms. The van der Waals surface area contributed by atoms with Crippen LogP contribution in [0.3, 0.4) is 0 Å². The minimum Gasteiger partial charge on any atom is -0.545 e. The third kappa shape index (κ3) is 4.89. The number of carbonyl (C=O) groups is 1. The maximum atomic E-state index is 10.7. The van der Waals surface area contributed by atoms with Crippen molar-refractivity contribution in [1.82, 2.24) is 5.43 Å². The fourth-order valence-electron chi connectivity index (χ4n) is 1.97. The van der Waals surface area contributed by atoms with E-state index < -0.39 is 5.97 Å². The number of hydrogen-bond donors (Lipinski definition) is 2. The zero-order chi connectivity index (χ0) is 16.8. The van der Waals surface area contributed by atoms with Gasteiger partial charge in [-0.15, -0.1) is 0 Å². The predicted molar refractivity (Wildman–Crippen MR) is 93.6 cm³/mol. The molecule has 0 fully saturated rings. The first-order valence-electron chi connectivity index (χ1n) is 6.94. The van der Waals surface area contributed by atoms with E-state index in [1.54, 1.807) is 18.3 Å². The molecule has 5 nitrogen and oxygen atoms in total. The zero-order valence-electron chi connectivity index (χ0n) is 12.8. The maximum Gasteiger partial charge on any atom is 0.191 e. The van der Waals surface area contributed by atoms with Crippen LogP contribution in [0.1, 0.15) is 27.0 Å². The van der Waals surface area contributed by atoms with Crippen LogP contribution in [-0.4, -0.2) is 17.3 Å². The molecule has 0 aliphatic rings. The molecule has 6 heteroatoms. The minimum atomic E-state index is -1.20. The van der Waals surface area contributed by atoms with Gasteiger partial charge < -0.3 is 15.2 Å². The molecule has 23 heavy (non-hydrogen) atoms. The van der Waals surface area contributed by atoms with Crippen molar-refractivity contribution in [2.45, 2.75) is 13.8 Å². The Labute approximate surface area is 140 Å². The Morgan fingerprint density at radius 3 is 2.48 bits per heavy atom. The second-order valence-electron chi connectivity index (χ2n) is 5.05. The van der Waals surface area contributed by atoms with Gasteiger partial charge in [0.2, 0.25) is 0 Å². The molecule has 0 radical (unpaired) electrons. The summed E-state index contributed by atoms with van der Waals surface area (Å²) in [6.07, 6.45) is 1.55. The molecule has 0 unspecified atom stereocenters. The van der Waals surface area contributed by atoms with E-state index in [1.807, 2.05) is 26.0 Å². The molecule has 0 saturated heterocycles. The summed E-state index contributed by atoms with van der Waals surface area (Å²) in [6.45, 7) is 4.03.